The fourth-order valence-electron chi connectivity index (χ4n) is 5.05. The molecule has 0 unspecified atom stereocenters. The fourth-order valence-corrected chi connectivity index (χ4v) is 5.05. The van der Waals surface area contributed by atoms with Crippen molar-refractivity contribution in [3.05, 3.63) is 17.6 Å². The summed E-state index contributed by atoms with van der Waals surface area (Å²) in [4.78, 5) is 26.0. The van der Waals surface area contributed by atoms with Gasteiger partial charge in [0.25, 0.3) is 0 Å². The third-order valence-corrected chi connectivity index (χ3v) is 6.64. The van der Waals surface area contributed by atoms with Gasteiger partial charge in [-0.3, -0.25) is 9.69 Å². The summed E-state index contributed by atoms with van der Waals surface area (Å²) in [6.45, 7) is 4.95. The molecule has 6 nitrogen and oxygen atoms in total. The first-order valence-corrected chi connectivity index (χ1v) is 9.86. The van der Waals surface area contributed by atoms with Crippen LogP contribution in [-0.4, -0.2) is 57.4 Å². The monoisotopic (exact) mass is 341 g/mol. The molecule has 134 valence electrons. The summed E-state index contributed by atoms with van der Waals surface area (Å²) in [7, 11) is 0. The van der Waals surface area contributed by atoms with Crippen LogP contribution in [0, 0.1) is 5.92 Å². The molecule has 2 saturated heterocycles. The summed E-state index contributed by atoms with van der Waals surface area (Å²) in [6, 6.07) is 0. The molecule has 0 radical (unpaired) electrons. The van der Waals surface area contributed by atoms with Gasteiger partial charge in [-0.1, -0.05) is 0 Å². The maximum Gasteiger partial charge on any atom is 0.226 e. The summed E-state index contributed by atoms with van der Waals surface area (Å²) >= 11 is 0. The Hall–Kier alpha value is -1.69. The molecule has 4 heterocycles. The summed E-state index contributed by atoms with van der Waals surface area (Å²) in [5, 5.41) is 3.66. The van der Waals surface area contributed by atoms with Crippen molar-refractivity contribution in [1.82, 2.24) is 19.8 Å². The predicted molar refractivity (Wildman–Crippen MR) is 95.1 cm³/mol. The molecular formula is C19H27N5O. The molecule has 3 aliphatic heterocycles. The molecule has 1 aromatic heterocycles. The second-order valence-electron chi connectivity index (χ2n) is 8.20. The number of carbonyl (C=O) groups is 1. The van der Waals surface area contributed by atoms with E-state index in [1.54, 1.807) is 6.33 Å². The Bertz CT molecular complexity index is 676. The Balaban J connectivity index is 1.31. The van der Waals surface area contributed by atoms with E-state index in [2.05, 4.69) is 20.2 Å². The molecule has 3 fully saturated rings. The maximum absolute atomic E-state index is 12.3. The lowest BCUT2D eigenvalue weighted by Crippen LogP contribution is -2.44. The minimum atomic E-state index is 0.288. The van der Waals surface area contributed by atoms with Gasteiger partial charge in [0, 0.05) is 30.1 Å². The Morgan fingerprint density at radius 3 is 2.76 bits per heavy atom. The van der Waals surface area contributed by atoms with Gasteiger partial charge in [0.1, 0.15) is 12.1 Å². The number of amides is 1. The zero-order valence-corrected chi connectivity index (χ0v) is 14.8. The SMILES string of the molecule is O=C(C1CC1)N1CCc2c(ncnc2NCC23CCCN2CCC3)C1. The number of aromatic nitrogens is 2. The van der Waals surface area contributed by atoms with E-state index in [1.165, 1.54) is 44.3 Å². The number of nitrogens with zero attached hydrogens (tertiary/aromatic N) is 4. The van der Waals surface area contributed by atoms with Gasteiger partial charge in [0.2, 0.25) is 5.91 Å². The number of nitrogens with one attached hydrogen (secondary N) is 1. The largest absolute Gasteiger partial charge is 0.368 e. The van der Waals surface area contributed by atoms with E-state index in [1.807, 2.05) is 4.90 Å². The van der Waals surface area contributed by atoms with Gasteiger partial charge in [0.05, 0.1) is 12.2 Å². The van der Waals surface area contributed by atoms with E-state index in [0.717, 1.165) is 43.9 Å². The summed E-state index contributed by atoms with van der Waals surface area (Å²) in [5.74, 6) is 1.61. The van der Waals surface area contributed by atoms with Crippen LogP contribution in [0.25, 0.3) is 0 Å². The molecule has 1 aromatic rings. The maximum atomic E-state index is 12.3. The highest BCUT2D eigenvalue weighted by Gasteiger charge is 2.44. The van der Waals surface area contributed by atoms with E-state index in [4.69, 9.17) is 0 Å². The van der Waals surface area contributed by atoms with Gasteiger partial charge in [0.15, 0.2) is 0 Å². The van der Waals surface area contributed by atoms with Crippen molar-refractivity contribution < 1.29 is 4.79 Å². The van der Waals surface area contributed by atoms with Gasteiger partial charge < -0.3 is 10.2 Å². The molecule has 25 heavy (non-hydrogen) atoms. The Morgan fingerprint density at radius 2 is 2.00 bits per heavy atom. The number of anilines is 1. The van der Waals surface area contributed by atoms with Crippen molar-refractivity contribution in [2.75, 3.05) is 31.5 Å². The second kappa shape index (κ2) is 5.94. The average molecular weight is 341 g/mol. The van der Waals surface area contributed by atoms with E-state index in [0.29, 0.717) is 18.0 Å². The number of fused-ring (bicyclic) bond motifs is 2. The van der Waals surface area contributed by atoms with Crippen molar-refractivity contribution in [2.24, 2.45) is 5.92 Å². The quantitative estimate of drug-likeness (QED) is 0.905. The van der Waals surface area contributed by atoms with Crippen LogP contribution in [0.3, 0.4) is 0 Å². The molecular weight excluding hydrogens is 314 g/mol. The molecule has 0 bridgehead atoms. The van der Waals surface area contributed by atoms with Crippen LogP contribution in [-0.2, 0) is 17.8 Å². The molecule has 6 heteroatoms. The minimum Gasteiger partial charge on any atom is -0.368 e. The Morgan fingerprint density at radius 1 is 1.20 bits per heavy atom. The molecule has 1 saturated carbocycles. The first-order valence-electron chi connectivity index (χ1n) is 9.86. The van der Waals surface area contributed by atoms with Crippen LogP contribution in [0.5, 0.6) is 0 Å². The summed E-state index contributed by atoms with van der Waals surface area (Å²) in [5.41, 5.74) is 2.60. The van der Waals surface area contributed by atoms with Crippen molar-refractivity contribution in [2.45, 2.75) is 57.0 Å². The predicted octanol–water partition coefficient (Wildman–Crippen LogP) is 1.81. The van der Waals surface area contributed by atoms with Crippen LogP contribution >= 0.6 is 0 Å². The van der Waals surface area contributed by atoms with Crippen molar-refractivity contribution in [3.63, 3.8) is 0 Å². The van der Waals surface area contributed by atoms with Gasteiger partial charge in [-0.2, -0.15) is 0 Å². The van der Waals surface area contributed by atoms with Crippen molar-refractivity contribution in [1.29, 1.82) is 0 Å². The number of hydrogen-bond acceptors (Lipinski definition) is 5. The van der Waals surface area contributed by atoms with E-state index in [-0.39, 0.29) is 5.92 Å². The molecule has 1 aliphatic carbocycles. The van der Waals surface area contributed by atoms with Gasteiger partial charge in [-0.15, -0.1) is 0 Å². The first-order chi connectivity index (χ1) is 12.3. The minimum absolute atomic E-state index is 0.288. The molecule has 0 atom stereocenters. The molecule has 0 aromatic carbocycles. The standard InChI is InChI=1S/C19H27N5O/c25-18(14-3-4-14)23-10-5-15-16(11-23)21-13-22-17(15)20-12-19-6-1-8-24(19)9-2-7-19/h13-14H,1-12H2,(H,20,21,22). The van der Waals surface area contributed by atoms with Crippen LogP contribution in [0.4, 0.5) is 5.82 Å². The summed E-state index contributed by atoms with van der Waals surface area (Å²) in [6.07, 6.45) is 9.91. The topological polar surface area (TPSA) is 61.4 Å². The number of rotatable bonds is 4. The van der Waals surface area contributed by atoms with Crippen molar-refractivity contribution >= 4 is 11.7 Å². The number of carbonyl (C=O) groups excluding carboxylic acids is 1. The zero-order valence-electron chi connectivity index (χ0n) is 14.8. The fraction of sp³-hybridized carbons (Fsp3) is 0.737. The van der Waals surface area contributed by atoms with Crippen LogP contribution in [0.1, 0.15) is 49.8 Å². The van der Waals surface area contributed by atoms with Gasteiger partial charge in [-0.25, -0.2) is 9.97 Å². The normalized spacial score (nSPS) is 24.9. The molecule has 5 rings (SSSR count). The molecule has 4 aliphatic rings. The first kappa shape index (κ1) is 15.6. The third-order valence-electron chi connectivity index (χ3n) is 6.64. The molecule has 1 N–H and O–H groups in total. The lowest BCUT2D eigenvalue weighted by atomic mass is 9.94. The van der Waals surface area contributed by atoms with Gasteiger partial charge in [-0.05, 0) is 58.0 Å². The van der Waals surface area contributed by atoms with Crippen LogP contribution < -0.4 is 5.32 Å². The van der Waals surface area contributed by atoms with E-state index < -0.39 is 0 Å². The zero-order chi connectivity index (χ0) is 16.9. The summed E-state index contributed by atoms with van der Waals surface area (Å²) < 4.78 is 0. The lowest BCUT2D eigenvalue weighted by Gasteiger charge is -2.33. The highest BCUT2D eigenvalue weighted by molar-refractivity contribution is 5.81. The van der Waals surface area contributed by atoms with Crippen molar-refractivity contribution in [3.8, 4) is 0 Å². The molecule has 0 spiro atoms. The highest BCUT2D eigenvalue weighted by atomic mass is 16.2. The number of hydrogen-bond donors (Lipinski definition) is 1. The molecule has 1 amide bonds. The van der Waals surface area contributed by atoms with Crippen LogP contribution in [0.15, 0.2) is 6.33 Å². The highest BCUT2D eigenvalue weighted by Crippen LogP contribution is 2.39. The lowest BCUT2D eigenvalue weighted by molar-refractivity contribution is -0.133. The van der Waals surface area contributed by atoms with E-state index in [9.17, 15) is 4.79 Å². The van der Waals surface area contributed by atoms with E-state index >= 15 is 0 Å². The second-order valence-corrected chi connectivity index (χ2v) is 8.20. The van der Waals surface area contributed by atoms with Crippen LogP contribution in [0.2, 0.25) is 0 Å². The Labute approximate surface area is 149 Å². The Kier molecular flexibility index (Phi) is 3.69. The smallest absolute Gasteiger partial charge is 0.226 e. The average Bonchev–Trinajstić information content (AvgIpc) is 3.29. The third kappa shape index (κ3) is 2.71. The van der Waals surface area contributed by atoms with Gasteiger partial charge >= 0.3 is 0 Å².